The van der Waals surface area contributed by atoms with Gasteiger partial charge in [0.1, 0.15) is 11.7 Å². The van der Waals surface area contributed by atoms with Gasteiger partial charge in [0.05, 0.1) is 67.2 Å². The number of anilines is 2. The Balaban J connectivity index is 0.875. The van der Waals surface area contributed by atoms with E-state index in [1.165, 1.54) is 6.07 Å². The van der Waals surface area contributed by atoms with Gasteiger partial charge < -0.3 is 40.5 Å². The predicted octanol–water partition coefficient (Wildman–Crippen LogP) is 1.24. The number of nitrogens with one attached hydrogen (secondary N) is 4. The standard InChI is InChI=1S/C36H43FN10O5/c37-29-6-5-24(20-31-26-3-1-2-4-27(26)34(48)44-43-31)19-28(29)36(50)47-11-9-46(10-12-47)32(39)23-40-7-15-51-16-8-41-35(49)33-30(38)21-25(22-42-33)45-13-17-52-18-14-45/h1-6,19,21-22,39-40H,7-18,20,23,38H2,(H,41,49)(H,44,48). The predicted molar refractivity (Wildman–Crippen MR) is 194 cm³/mol. The molecule has 6 N–H and O–H groups in total. The van der Waals surface area contributed by atoms with Crippen molar-refractivity contribution in [1.29, 1.82) is 5.41 Å². The van der Waals surface area contributed by atoms with E-state index in [2.05, 4.69) is 30.7 Å². The number of aromatic amines is 1. The third-order valence-electron chi connectivity index (χ3n) is 9.10. The van der Waals surface area contributed by atoms with Crippen LogP contribution in [0.25, 0.3) is 10.8 Å². The van der Waals surface area contributed by atoms with Gasteiger partial charge in [-0.15, -0.1) is 0 Å². The Morgan fingerprint density at radius 1 is 0.981 bits per heavy atom. The molecular formula is C36H43FN10O5. The molecule has 0 bridgehead atoms. The minimum atomic E-state index is -0.604. The van der Waals surface area contributed by atoms with Crippen LogP contribution < -0.4 is 26.8 Å². The fourth-order valence-corrected chi connectivity index (χ4v) is 6.24. The molecule has 15 nitrogen and oxygen atoms in total. The van der Waals surface area contributed by atoms with Crippen molar-refractivity contribution in [3.8, 4) is 0 Å². The molecule has 2 aromatic heterocycles. The van der Waals surface area contributed by atoms with Crippen molar-refractivity contribution < 1.29 is 23.5 Å². The molecule has 2 aliphatic heterocycles. The largest absolute Gasteiger partial charge is 0.397 e. The number of ether oxygens (including phenoxy) is 2. The highest BCUT2D eigenvalue weighted by Crippen LogP contribution is 2.21. The van der Waals surface area contributed by atoms with E-state index in [1.807, 2.05) is 17.0 Å². The number of morpholine rings is 1. The second kappa shape index (κ2) is 17.2. The molecule has 4 heterocycles. The Morgan fingerprint density at radius 2 is 1.71 bits per heavy atom. The average molecular weight is 715 g/mol. The average Bonchev–Trinajstić information content (AvgIpc) is 3.17. The molecule has 0 saturated carbocycles. The molecule has 2 amide bonds. The highest BCUT2D eigenvalue weighted by Gasteiger charge is 2.26. The number of nitrogens with two attached hydrogens (primary N) is 1. The van der Waals surface area contributed by atoms with Crippen LogP contribution in [0.1, 0.15) is 32.1 Å². The zero-order chi connectivity index (χ0) is 36.5. The van der Waals surface area contributed by atoms with Gasteiger partial charge in [0.2, 0.25) is 0 Å². The fraction of sp³-hybridized carbons (Fsp3) is 0.389. The molecule has 274 valence electrons. The number of aromatic nitrogens is 3. The van der Waals surface area contributed by atoms with Crippen LogP contribution in [0.15, 0.2) is 59.5 Å². The maximum atomic E-state index is 14.9. The minimum Gasteiger partial charge on any atom is -0.397 e. The first-order chi connectivity index (χ1) is 25.3. The normalized spacial score (nSPS) is 14.8. The minimum absolute atomic E-state index is 0.0186. The molecule has 6 rings (SSSR count). The summed E-state index contributed by atoms with van der Waals surface area (Å²) in [5.74, 6) is -0.987. The van der Waals surface area contributed by atoms with E-state index in [1.54, 1.807) is 41.4 Å². The number of nitrogen functional groups attached to an aromatic ring is 1. The van der Waals surface area contributed by atoms with Crippen LogP contribution in [-0.4, -0.2) is 128 Å². The number of amidine groups is 1. The Kier molecular flexibility index (Phi) is 12.0. The number of carbonyl (C=O) groups excluding carboxylic acids is 2. The third kappa shape index (κ3) is 8.88. The van der Waals surface area contributed by atoms with E-state index in [-0.39, 0.29) is 22.7 Å². The van der Waals surface area contributed by atoms with Gasteiger partial charge in [0, 0.05) is 64.2 Å². The van der Waals surface area contributed by atoms with E-state index < -0.39 is 11.7 Å². The second-order valence-corrected chi connectivity index (χ2v) is 12.5. The number of benzene rings is 2. The summed E-state index contributed by atoms with van der Waals surface area (Å²) < 4.78 is 25.9. The molecule has 2 aliphatic rings. The molecule has 2 fully saturated rings. The van der Waals surface area contributed by atoms with Crippen molar-refractivity contribution in [3.63, 3.8) is 0 Å². The lowest BCUT2D eigenvalue weighted by atomic mass is 10.0. The zero-order valence-corrected chi connectivity index (χ0v) is 28.8. The van der Waals surface area contributed by atoms with E-state index in [0.717, 1.165) is 18.8 Å². The van der Waals surface area contributed by atoms with Gasteiger partial charge >= 0.3 is 0 Å². The SMILES string of the molecule is N=C(CNCCOCCNC(=O)c1ncc(N2CCOCC2)cc1N)N1CCN(C(=O)c2cc(Cc3n[nH]c(=O)c4ccccc34)ccc2F)CC1. The summed E-state index contributed by atoms with van der Waals surface area (Å²) in [5, 5.41) is 22.4. The van der Waals surface area contributed by atoms with E-state index >= 15 is 0 Å². The lowest BCUT2D eigenvalue weighted by molar-refractivity contribution is 0.0685. The molecular weight excluding hydrogens is 671 g/mol. The van der Waals surface area contributed by atoms with Gasteiger partial charge in [-0.25, -0.2) is 14.5 Å². The van der Waals surface area contributed by atoms with Crippen LogP contribution in [0.4, 0.5) is 15.8 Å². The Hall–Kier alpha value is -5.45. The van der Waals surface area contributed by atoms with Crippen molar-refractivity contribution in [1.82, 2.24) is 35.6 Å². The Bertz CT molecular complexity index is 1960. The van der Waals surface area contributed by atoms with E-state index in [9.17, 15) is 18.8 Å². The number of hydrogen-bond donors (Lipinski definition) is 5. The zero-order valence-electron chi connectivity index (χ0n) is 28.8. The first-order valence-corrected chi connectivity index (χ1v) is 17.3. The number of nitrogens with zero attached hydrogens (tertiary/aromatic N) is 5. The lowest BCUT2D eigenvalue weighted by Gasteiger charge is -2.36. The molecule has 2 aromatic carbocycles. The van der Waals surface area contributed by atoms with Gasteiger partial charge in [-0.1, -0.05) is 24.3 Å². The molecule has 52 heavy (non-hydrogen) atoms. The quantitative estimate of drug-likeness (QED) is 0.0760. The van der Waals surface area contributed by atoms with Crippen LogP contribution in [-0.2, 0) is 15.9 Å². The number of piperazine rings is 1. The van der Waals surface area contributed by atoms with E-state index in [4.69, 9.17) is 20.6 Å². The van der Waals surface area contributed by atoms with Crippen LogP contribution in [0.2, 0.25) is 0 Å². The molecule has 0 unspecified atom stereocenters. The van der Waals surface area contributed by atoms with Crippen molar-refractivity contribution in [3.05, 3.63) is 93.4 Å². The number of halogens is 1. The summed E-state index contributed by atoms with van der Waals surface area (Å²) in [4.78, 5) is 47.9. The van der Waals surface area contributed by atoms with Crippen LogP contribution in [0, 0.1) is 11.2 Å². The topological polar surface area (TPSA) is 195 Å². The van der Waals surface area contributed by atoms with Crippen molar-refractivity contribution in [2.45, 2.75) is 6.42 Å². The summed E-state index contributed by atoms with van der Waals surface area (Å²) in [7, 11) is 0. The summed E-state index contributed by atoms with van der Waals surface area (Å²) in [6.45, 7) is 6.20. The van der Waals surface area contributed by atoms with E-state index in [0.29, 0.717) is 112 Å². The monoisotopic (exact) mass is 714 g/mol. The summed E-state index contributed by atoms with van der Waals surface area (Å²) >= 11 is 0. The molecule has 2 saturated heterocycles. The number of hydrogen-bond acceptors (Lipinski definition) is 11. The van der Waals surface area contributed by atoms with Gasteiger partial charge in [0.25, 0.3) is 17.4 Å². The lowest BCUT2D eigenvalue weighted by Crippen LogP contribution is -2.52. The van der Waals surface area contributed by atoms with Crippen molar-refractivity contribution in [2.24, 2.45) is 0 Å². The molecule has 4 aromatic rings. The van der Waals surface area contributed by atoms with Gasteiger partial charge in [-0.3, -0.25) is 19.8 Å². The summed E-state index contributed by atoms with van der Waals surface area (Å²) in [5.41, 5.74) is 8.48. The Labute approximate surface area is 299 Å². The highest BCUT2D eigenvalue weighted by molar-refractivity contribution is 5.97. The Morgan fingerprint density at radius 3 is 2.48 bits per heavy atom. The first-order valence-electron chi connectivity index (χ1n) is 17.3. The molecule has 0 radical (unpaired) electrons. The molecule has 0 aliphatic carbocycles. The third-order valence-corrected chi connectivity index (χ3v) is 9.10. The van der Waals surface area contributed by atoms with Crippen LogP contribution in [0.5, 0.6) is 0 Å². The fourth-order valence-electron chi connectivity index (χ4n) is 6.24. The number of H-pyrrole nitrogens is 1. The maximum absolute atomic E-state index is 14.9. The summed E-state index contributed by atoms with van der Waals surface area (Å²) in [6, 6.07) is 13.3. The van der Waals surface area contributed by atoms with Gasteiger partial charge in [-0.05, 0) is 29.8 Å². The van der Waals surface area contributed by atoms with Gasteiger partial charge in [0.15, 0.2) is 5.69 Å². The van der Waals surface area contributed by atoms with Crippen molar-refractivity contribution in [2.75, 3.05) is 96.0 Å². The summed E-state index contributed by atoms with van der Waals surface area (Å²) in [6.07, 6.45) is 1.96. The number of rotatable bonds is 13. The number of fused-ring (bicyclic) bond motifs is 1. The van der Waals surface area contributed by atoms with Crippen LogP contribution >= 0.6 is 0 Å². The number of carbonyl (C=O) groups is 2. The molecule has 0 spiro atoms. The van der Waals surface area contributed by atoms with Gasteiger partial charge in [-0.2, -0.15) is 5.10 Å². The van der Waals surface area contributed by atoms with Crippen molar-refractivity contribution >= 4 is 39.8 Å². The molecule has 0 atom stereocenters. The maximum Gasteiger partial charge on any atom is 0.272 e. The smallest absolute Gasteiger partial charge is 0.272 e. The van der Waals surface area contributed by atoms with Crippen LogP contribution in [0.3, 0.4) is 0 Å². The molecule has 16 heteroatoms. The number of amides is 2. The second-order valence-electron chi connectivity index (χ2n) is 12.5. The highest BCUT2D eigenvalue weighted by atomic mass is 19.1. The number of pyridine rings is 1. The first kappa shape index (κ1) is 36.3.